The lowest BCUT2D eigenvalue weighted by molar-refractivity contribution is -0.117. The Bertz CT molecular complexity index is 491. The van der Waals surface area contributed by atoms with Crippen LogP contribution in [-0.2, 0) is 4.79 Å². The number of hydrogen-bond donors (Lipinski definition) is 0. The summed E-state index contributed by atoms with van der Waals surface area (Å²) in [6, 6.07) is 1.90. The second kappa shape index (κ2) is 6.33. The summed E-state index contributed by atoms with van der Waals surface area (Å²) in [5.41, 5.74) is 1.71. The molecule has 1 aromatic heterocycles. The lowest BCUT2D eigenvalue weighted by Crippen LogP contribution is -2.16. The predicted octanol–water partition coefficient (Wildman–Crippen LogP) is 3.51. The van der Waals surface area contributed by atoms with Gasteiger partial charge >= 0.3 is 0 Å². The number of rotatable bonds is 4. The van der Waals surface area contributed by atoms with Gasteiger partial charge in [0, 0.05) is 54.2 Å². The predicted molar refractivity (Wildman–Crippen MR) is 80.6 cm³/mol. The Balaban J connectivity index is 2.36. The van der Waals surface area contributed by atoms with E-state index in [-0.39, 0.29) is 11.7 Å². The minimum atomic E-state index is 0.186. The molecule has 3 nitrogen and oxygen atoms in total. The van der Waals surface area contributed by atoms with Crippen molar-refractivity contribution >= 4 is 27.3 Å². The van der Waals surface area contributed by atoms with E-state index in [4.69, 9.17) is 0 Å². The summed E-state index contributed by atoms with van der Waals surface area (Å²) >= 11 is 3.49. The molecule has 102 valence electrons. The van der Waals surface area contributed by atoms with Gasteiger partial charge in [-0.25, -0.2) is 0 Å². The Kier molecular flexibility index (Phi) is 4.75. The van der Waals surface area contributed by atoms with Gasteiger partial charge in [0.05, 0.1) is 0 Å². The topological polar surface area (TPSA) is 33.2 Å². The second-order valence-corrected chi connectivity index (χ2v) is 6.06. The van der Waals surface area contributed by atoms with Crippen molar-refractivity contribution in [3.8, 4) is 0 Å². The third kappa shape index (κ3) is 3.44. The van der Waals surface area contributed by atoms with Gasteiger partial charge in [0.15, 0.2) is 5.78 Å². The zero-order chi connectivity index (χ0) is 13.8. The molecule has 1 aliphatic carbocycles. The van der Waals surface area contributed by atoms with Crippen molar-refractivity contribution in [3.63, 3.8) is 0 Å². The van der Waals surface area contributed by atoms with Crippen LogP contribution in [0.25, 0.3) is 5.57 Å². The molecule has 0 unspecified atom stereocenters. The fraction of sp³-hybridized carbons (Fsp3) is 0.467. The normalized spacial score (nSPS) is 16.7. The fourth-order valence-electron chi connectivity index (χ4n) is 2.53. The molecule has 0 bridgehead atoms. The summed E-state index contributed by atoms with van der Waals surface area (Å²) in [4.78, 5) is 18.7. The van der Waals surface area contributed by atoms with E-state index in [2.05, 4.69) is 20.9 Å². The Hall–Kier alpha value is -1.16. The molecule has 19 heavy (non-hydrogen) atoms. The van der Waals surface area contributed by atoms with Gasteiger partial charge in [-0.1, -0.05) is 12.8 Å². The van der Waals surface area contributed by atoms with E-state index < -0.39 is 0 Å². The first-order valence-corrected chi connectivity index (χ1v) is 7.41. The van der Waals surface area contributed by atoms with Crippen molar-refractivity contribution in [2.24, 2.45) is 5.92 Å². The van der Waals surface area contributed by atoms with Crippen LogP contribution in [0.4, 0.5) is 0 Å². The number of pyridine rings is 1. The minimum absolute atomic E-state index is 0.186. The second-order valence-electron chi connectivity index (χ2n) is 5.21. The summed E-state index contributed by atoms with van der Waals surface area (Å²) in [6.45, 7) is 0. The number of halogens is 1. The van der Waals surface area contributed by atoms with E-state index in [0.29, 0.717) is 0 Å². The van der Waals surface area contributed by atoms with E-state index in [1.807, 2.05) is 31.3 Å². The molecule has 2 rings (SSSR count). The Morgan fingerprint density at radius 2 is 2.11 bits per heavy atom. The zero-order valence-electron chi connectivity index (χ0n) is 11.4. The van der Waals surface area contributed by atoms with E-state index in [9.17, 15) is 4.79 Å². The minimum Gasteiger partial charge on any atom is -0.383 e. The molecule has 0 atom stereocenters. The smallest absolute Gasteiger partial charge is 0.168 e. The molecule has 0 spiro atoms. The van der Waals surface area contributed by atoms with Gasteiger partial charge in [-0.05, 0) is 34.8 Å². The molecular formula is C15H19BrN2O. The number of carbonyl (C=O) groups excluding carboxylic acids is 1. The first-order chi connectivity index (χ1) is 9.09. The molecule has 1 fully saturated rings. The average molecular weight is 323 g/mol. The maximum absolute atomic E-state index is 12.7. The zero-order valence-corrected chi connectivity index (χ0v) is 13.0. The summed E-state index contributed by atoms with van der Waals surface area (Å²) in [5.74, 6) is 0.448. The average Bonchev–Trinajstić information content (AvgIpc) is 2.90. The molecule has 1 aromatic rings. The van der Waals surface area contributed by atoms with Crippen LogP contribution in [0.5, 0.6) is 0 Å². The Morgan fingerprint density at radius 1 is 1.42 bits per heavy atom. The van der Waals surface area contributed by atoms with Gasteiger partial charge in [0.2, 0.25) is 0 Å². The summed E-state index contributed by atoms with van der Waals surface area (Å²) in [5, 5.41) is 0. The Labute approximate surface area is 122 Å². The van der Waals surface area contributed by atoms with Crippen LogP contribution in [-0.4, -0.2) is 29.8 Å². The molecule has 0 amide bonds. The van der Waals surface area contributed by atoms with Gasteiger partial charge < -0.3 is 4.90 Å². The van der Waals surface area contributed by atoms with Crippen molar-refractivity contribution in [2.75, 3.05) is 14.1 Å². The molecule has 0 aliphatic heterocycles. The van der Waals surface area contributed by atoms with E-state index in [1.54, 1.807) is 12.4 Å². The van der Waals surface area contributed by atoms with E-state index >= 15 is 0 Å². The molecule has 1 saturated carbocycles. The molecule has 0 aromatic carbocycles. The van der Waals surface area contributed by atoms with Crippen molar-refractivity contribution < 1.29 is 4.79 Å². The number of aromatic nitrogens is 1. The maximum Gasteiger partial charge on any atom is 0.168 e. The largest absolute Gasteiger partial charge is 0.383 e. The first kappa shape index (κ1) is 14.3. The van der Waals surface area contributed by atoms with Crippen LogP contribution in [0.2, 0.25) is 0 Å². The third-order valence-electron chi connectivity index (χ3n) is 3.44. The number of ketones is 1. The first-order valence-electron chi connectivity index (χ1n) is 6.62. The molecule has 0 saturated heterocycles. The van der Waals surface area contributed by atoms with E-state index in [1.165, 1.54) is 12.8 Å². The van der Waals surface area contributed by atoms with Gasteiger partial charge in [-0.2, -0.15) is 0 Å². The molecule has 1 aliphatic rings. The lowest BCUT2D eigenvalue weighted by Gasteiger charge is -2.16. The van der Waals surface area contributed by atoms with Crippen molar-refractivity contribution in [1.29, 1.82) is 0 Å². The van der Waals surface area contributed by atoms with Gasteiger partial charge in [-0.15, -0.1) is 0 Å². The number of hydrogen-bond acceptors (Lipinski definition) is 3. The number of allylic oxidation sites excluding steroid dienone is 1. The van der Waals surface area contributed by atoms with Gasteiger partial charge in [-0.3, -0.25) is 9.78 Å². The van der Waals surface area contributed by atoms with Crippen molar-refractivity contribution in [3.05, 3.63) is 34.7 Å². The lowest BCUT2D eigenvalue weighted by atomic mass is 9.92. The standard InChI is InChI=1S/C15H19BrN2O/c1-18(2)10-13(12-7-8-17-9-14(12)16)15(19)11-5-3-4-6-11/h7-11H,3-6H2,1-2H3/b13-10+. The molecule has 1 heterocycles. The molecule has 0 radical (unpaired) electrons. The number of nitrogens with zero attached hydrogens (tertiary/aromatic N) is 2. The molecule has 0 N–H and O–H groups in total. The van der Waals surface area contributed by atoms with Gasteiger partial charge in [0.1, 0.15) is 0 Å². The highest BCUT2D eigenvalue weighted by molar-refractivity contribution is 9.10. The number of Topliss-reactive ketones (excluding diaryl/α,β-unsaturated/α-hetero) is 1. The van der Waals surface area contributed by atoms with Crippen LogP contribution in [0.1, 0.15) is 31.2 Å². The third-order valence-corrected chi connectivity index (χ3v) is 4.07. The highest BCUT2D eigenvalue weighted by atomic mass is 79.9. The maximum atomic E-state index is 12.7. The Morgan fingerprint density at radius 3 is 2.68 bits per heavy atom. The van der Waals surface area contributed by atoms with Crippen LogP contribution in [0, 0.1) is 5.92 Å². The number of carbonyl (C=O) groups is 1. The monoisotopic (exact) mass is 322 g/mol. The van der Waals surface area contributed by atoms with Crippen LogP contribution in [0.3, 0.4) is 0 Å². The van der Waals surface area contributed by atoms with Gasteiger partial charge in [0.25, 0.3) is 0 Å². The quantitative estimate of drug-likeness (QED) is 0.795. The van der Waals surface area contributed by atoms with Crippen molar-refractivity contribution in [1.82, 2.24) is 9.88 Å². The highest BCUT2D eigenvalue weighted by Gasteiger charge is 2.27. The highest BCUT2D eigenvalue weighted by Crippen LogP contribution is 2.33. The van der Waals surface area contributed by atoms with E-state index in [0.717, 1.165) is 28.5 Å². The SMILES string of the molecule is CN(C)/C=C(/C(=O)C1CCCC1)c1ccncc1Br. The summed E-state index contributed by atoms with van der Waals surface area (Å²) in [7, 11) is 3.88. The molecular weight excluding hydrogens is 304 g/mol. The van der Waals surface area contributed by atoms with Crippen LogP contribution in [0.15, 0.2) is 29.1 Å². The fourth-order valence-corrected chi connectivity index (χ4v) is 2.99. The van der Waals surface area contributed by atoms with Crippen LogP contribution < -0.4 is 0 Å². The molecule has 4 heteroatoms. The summed E-state index contributed by atoms with van der Waals surface area (Å²) in [6.07, 6.45) is 9.76. The van der Waals surface area contributed by atoms with Crippen molar-refractivity contribution in [2.45, 2.75) is 25.7 Å². The summed E-state index contributed by atoms with van der Waals surface area (Å²) < 4.78 is 0.870. The van der Waals surface area contributed by atoms with Crippen LogP contribution >= 0.6 is 15.9 Å².